The molecule has 0 unspecified atom stereocenters. The van der Waals surface area contributed by atoms with Crippen LogP contribution in [0.25, 0.3) is 0 Å². The molecule has 0 bridgehead atoms. The second-order valence-electron chi connectivity index (χ2n) is 3.59. The maximum absolute atomic E-state index is 8.89. The van der Waals surface area contributed by atoms with Crippen LogP contribution in [0.5, 0.6) is 0 Å². The topological polar surface area (TPSA) is 30.1 Å². The third-order valence-electron chi connectivity index (χ3n) is 2.56. The van der Waals surface area contributed by atoms with Crippen LogP contribution in [-0.2, 0) is 19.5 Å². The first kappa shape index (κ1) is 10.1. The zero-order chi connectivity index (χ0) is 10.5. The van der Waals surface area contributed by atoms with Gasteiger partial charge in [0.05, 0.1) is 6.61 Å². The molecule has 2 heterocycles. The van der Waals surface area contributed by atoms with Gasteiger partial charge in [-0.05, 0) is 24.3 Å². The molecule has 3 nitrogen and oxygen atoms in total. The number of rotatable bonds is 5. The van der Waals surface area contributed by atoms with Crippen molar-refractivity contribution in [1.29, 1.82) is 0 Å². The van der Waals surface area contributed by atoms with Crippen molar-refractivity contribution in [3.63, 3.8) is 0 Å². The summed E-state index contributed by atoms with van der Waals surface area (Å²) in [6, 6.07) is 8.21. The molecule has 1 N–H and O–H groups in total. The second kappa shape index (κ2) is 4.84. The minimum Gasteiger partial charge on any atom is -0.395 e. The quantitative estimate of drug-likeness (QED) is 0.786. The molecule has 0 spiro atoms. The van der Waals surface area contributed by atoms with Crippen LogP contribution in [0.2, 0.25) is 0 Å². The van der Waals surface area contributed by atoms with E-state index < -0.39 is 0 Å². The SMILES string of the molecule is OCCn1cccc1CCn1cccc1. The van der Waals surface area contributed by atoms with E-state index in [1.807, 2.05) is 24.4 Å². The molecule has 2 aromatic heterocycles. The lowest BCUT2D eigenvalue weighted by Crippen LogP contribution is -2.07. The molecule has 0 saturated carbocycles. The summed E-state index contributed by atoms with van der Waals surface area (Å²) in [5.41, 5.74) is 1.28. The summed E-state index contributed by atoms with van der Waals surface area (Å²) in [6.45, 7) is 1.88. The first-order valence-corrected chi connectivity index (χ1v) is 5.26. The number of hydrogen-bond acceptors (Lipinski definition) is 1. The molecule has 3 heteroatoms. The molecule has 0 amide bonds. The smallest absolute Gasteiger partial charge is 0.0610 e. The molecular weight excluding hydrogens is 188 g/mol. The molecule has 15 heavy (non-hydrogen) atoms. The van der Waals surface area contributed by atoms with Gasteiger partial charge in [-0.2, -0.15) is 0 Å². The highest BCUT2D eigenvalue weighted by atomic mass is 16.3. The van der Waals surface area contributed by atoms with E-state index >= 15 is 0 Å². The molecule has 0 fully saturated rings. The van der Waals surface area contributed by atoms with Crippen molar-refractivity contribution < 1.29 is 5.11 Å². The van der Waals surface area contributed by atoms with Crippen molar-refractivity contribution in [2.75, 3.05) is 6.61 Å². The molecule has 2 aromatic rings. The standard InChI is InChI=1S/C12H16N2O/c15-11-10-14-8-3-4-12(14)5-9-13-6-1-2-7-13/h1-4,6-8,15H,5,9-11H2. The number of aromatic nitrogens is 2. The Balaban J connectivity index is 1.95. The van der Waals surface area contributed by atoms with E-state index in [0.29, 0.717) is 6.54 Å². The summed E-state index contributed by atoms with van der Waals surface area (Å²) in [5, 5.41) is 8.89. The van der Waals surface area contributed by atoms with Gasteiger partial charge in [0.15, 0.2) is 0 Å². The Labute approximate surface area is 89.6 Å². The minimum atomic E-state index is 0.200. The van der Waals surface area contributed by atoms with E-state index in [2.05, 4.69) is 27.6 Å². The van der Waals surface area contributed by atoms with Crippen molar-refractivity contribution in [3.05, 3.63) is 48.5 Å². The summed E-state index contributed by atoms with van der Waals surface area (Å²) >= 11 is 0. The molecule has 0 aliphatic heterocycles. The van der Waals surface area contributed by atoms with E-state index in [4.69, 9.17) is 5.11 Å². The lowest BCUT2D eigenvalue weighted by atomic mass is 10.3. The van der Waals surface area contributed by atoms with Crippen molar-refractivity contribution >= 4 is 0 Å². The molecule has 0 aliphatic carbocycles. The molecule has 80 valence electrons. The van der Waals surface area contributed by atoms with Gasteiger partial charge < -0.3 is 14.2 Å². The van der Waals surface area contributed by atoms with Gasteiger partial charge in [0.1, 0.15) is 0 Å². The van der Waals surface area contributed by atoms with Crippen LogP contribution in [0, 0.1) is 0 Å². The highest BCUT2D eigenvalue weighted by Crippen LogP contribution is 2.05. The lowest BCUT2D eigenvalue weighted by molar-refractivity contribution is 0.274. The number of aryl methyl sites for hydroxylation is 2. The van der Waals surface area contributed by atoms with E-state index in [9.17, 15) is 0 Å². The highest BCUT2D eigenvalue weighted by molar-refractivity contribution is 5.07. The Morgan fingerprint density at radius 1 is 1.00 bits per heavy atom. The fourth-order valence-corrected chi connectivity index (χ4v) is 1.77. The lowest BCUT2D eigenvalue weighted by Gasteiger charge is -2.07. The van der Waals surface area contributed by atoms with Gasteiger partial charge in [-0.1, -0.05) is 0 Å². The fraction of sp³-hybridized carbons (Fsp3) is 0.333. The first-order chi connectivity index (χ1) is 7.40. The van der Waals surface area contributed by atoms with Gasteiger partial charge in [0.25, 0.3) is 0 Å². The minimum absolute atomic E-state index is 0.200. The molecule has 0 atom stereocenters. The van der Waals surface area contributed by atoms with Crippen molar-refractivity contribution in [2.45, 2.75) is 19.5 Å². The predicted molar refractivity (Wildman–Crippen MR) is 59.7 cm³/mol. The maximum atomic E-state index is 8.89. The Morgan fingerprint density at radius 3 is 2.53 bits per heavy atom. The highest BCUT2D eigenvalue weighted by Gasteiger charge is 1.99. The van der Waals surface area contributed by atoms with E-state index in [1.165, 1.54) is 5.69 Å². The third kappa shape index (κ3) is 2.50. The Bertz CT molecular complexity index is 389. The van der Waals surface area contributed by atoms with Crippen LogP contribution in [0.4, 0.5) is 0 Å². The molecular formula is C12H16N2O. The van der Waals surface area contributed by atoms with Crippen LogP contribution < -0.4 is 0 Å². The third-order valence-corrected chi connectivity index (χ3v) is 2.56. The zero-order valence-electron chi connectivity index (χ0n) is 8.71. The van der Waals surface area contributed by atoms with Crippen LogP contribution in [0.1, 0.15) is 5.69 Å². The Hall–Kier alpha value is -1.48. The number of aliphatic hydroxyl groups excluding tert-OH is 1. The van der Waals surface area contributed by atoms with Gasteiger partial charge in [0, 0.05) is 43.8 Å². The van der Waals surface area contributed by atoms with E-state index in [1.54, 1.807) is 0 Å². The average Bonchev–Trinajstić information content (AvgIpc) is 2.85. The summed E-state index contributed by atoms with van der Waals surface area (Å²) in [4.78, 5) is 0. The monoisotopic (exact) mass is 204 g/mol. The molecule has 0 aromatic carbocycles. The van der Waals surface area contributed by atoms with Crippen LogP contribution in [0.15, 0.2) is 42.9 Å². The molecule has 2 rings (SSSR count). The maximum Gasteiger partial charge on any atom is 0.0610 e. The van der Waals surface area contributed by atoms with Crippen LogP contribution >= 0.6 is 0 Å². The van der Waals surface area contributed by atoms with Crippen molar-refractivity contribution in [1.82, 2.24) is 9.13 Å². The Kier molecular flexibility index (Phi) is 3.25. The summed E-state index contributed by atoms with van der Waals surface area (Å²) in [7, 11) is 0. The van der Waals surface area contributed by atoms with Crippen LogP contribution in [-0.4, -0.2) is 20.8 Å². The average molecular weight is 204 g/mol. The van der Waals surface area contributed by atoms with Gasteiger partial charge >= 0.3 is 0 Å². The van der Waals surface area contributed by atoms with Crippen molar-refractivity contribution in [2.24, 2.45) is 0 Å². The van der Waals surface area contributed by atoms with Gasteiger partial charge in [-0.3, -0.25) is 0 Å². The van der Waals surface area contributed by atoms with E-state index in [0.717, 1.165) is 13.0 Å². The van der Waals surface area contributed by atoms with Gasteiger partial charge in [-0.15, -0.1) is 0 Å². The molecule has 0 radical (unpaired) electrons. The van der Waals surface area contributed by atoms with Gasteiger partial charge in [0.2, 0.25) is 0 Å². The molecule has 0 saturated heterocycles. The predicted octanol–water partition coefficient (Wildman–Crippen LogP) is 1.52. The Morgan fingerprint density at radius 2 is 1.80 bits per heavy atom. The zero-order valence-corrected chi connectivity index (χ0v) is 8.71. The second-order valence-corrected chi connectivity index (χ2v) is 3.59. The number of nitrogens with zero attached hydrogens (tertiary/aromatic N) is 2. The normalized spacial score (nSPS) is 10.7. The number of aliphatic hydroxyl groups is 1. The summed E-state index contributed by atoms with van der Waals surface area (Å²) < 4.78 is 4.26. The fourth-order valence-electron chi connectivity index (χ4n) is 1.77. The largest absolute Gasteiger partial charge is 0.395 e. The van der Waals surface area contributed by atoms with Gasteiger partial charge in [-0.25, -0.2) is 0 Å². The van der Waals surface area contributed by atoms with Crippen LogP contribution in [0.3, 0.4) is 0 Å². The van der Waals surface area contributed by atoms with Crippen molar-refractivity contribution in [3.8, 4) is 0 Å². The molecule has 0 aliphatic rings. The number of hydrogen-bond donors (Lipinski definition) is 1. The summed E-state index contributed by atoms with van der Waals surface area (Å²) in [6.07, 6.45) is 7.15. The van der Waals surface area contributed by atoms with E-state index in [-0.39, 0.29) is 6.61 Å². The summed E-state index contributed by atoms with van der Waals surface area (Å²) in [5.74, 6) is 0. The first-order valence-electron chi connectivity index (χ1n) is 5.26.